The third-order valence-corrected chi connectivity index (χ3v) is 4.05. The van der Waals surface area contributed by atoms with Crippen molar-refractivity contribution in [2.45, 2.75) is 31.8 Å². The molecule has 0 aliphatic carbocycles. The van der Waals surface area contributed by atoms with Crippen molar-refractivity contribution in [3.63, 3.8) is 0 Å². The predicted molar refractivity (Wildman–Crippen MR) is 71.5 cm³/mol. The molecule has 2 rings (SSSR count). The number of ether oxygens (including phenoxy) is 1. The van der Waals surface area contributed by atoms with Crippen LogP contribution < -0.4 is 0 Å². The fraction of sp³-hybridized carbons (Fsp3) is 0.533. The molecule has 0 spiro atoms. The number of amides is 1. The minimum Gasteiger partial charge on any atom is -0.378 e. The molecule has 1 atom stereocenters. The van der Waals surface area contributed by atoms with Gasteiger partial charge in [0.1, 0.15) is 0 Å². The Labute approximate surface area is 121 Å². The molecule has 1 fully saturated rings. The van der Waals surface area contributed by atoms with Crippen LogP contribution in [0.25, 0.3) is 0 Å². The van der Waals surface area contributed by atoms with Crippen molar-refractivity contribution in [2.75, 3.05) is 20.2 Å². The summed E-state index contributed by atoms with van der Waals surface area (Å²) in [7, 11) is 1.63. The van der Waals surface area contributed by atoms with E-state index in [-0.39, 0.29) is 11.2 Å². The molecule has 21 heavy (non-hydrogen) atoms. The summed E-state index contributed by atoms with van der Waals surface area (Å²) in [6, 6.07) is 1.47. The molecule has 1 aromatic carbocycles. The van der Waals surface area contributed by atoms with Gasteiger partial charge in [0.25, 0.3) is 5.91 Å². The summed E-state index contributed by atoms with van der Waals surface area (Å²) in [5, 5.41) is 0. The van der Waals surface area contributed by atoms with Crippen LogP contribution in [0.4, 0.5) is 13.2 Å². The lowest BCUT2D eigenvalue weighted by molar-refractivity contribution is -0.00537. The SMILES string of the molecule is CO[C@]1(C)CCCN(C(=O)c2cc(F)c(F)c(F)c2)CC1. The fourth-order valence-corrected chi connectivity index (χ4v) is 2.52. The standard InChI is InChI=1S/C15H18F3NO2/c1-15(21-2)4-3-6-19(7-5-15)14(20)10-8-11(16)13(18)12(17)9-10/h8-9H,3-7H2,1-2H3/t15-/m1/s1. The first-order chi connectivity index (χ1) is 9.86. The normalized spacial score (nSPS) is 23.0. The second-order valence-electron chi connectivity index (χ2n) is 5.55. The largest absolute Gasteiger partial charge is 0.378 e. The predicted octanol–water partition coefficient (Wildman–Crippen LogP) is 3.14. The Morgan fingerprint density at radius 1 is 1.19 bits per heavy atom. The van der Waals surface area contributed by atoms with E-state index in [9.17, 15) is 18.0 Å². The summed E-state index contributed by atoms with van der Waals surface area (Å²) < 4.78 is 44.8. The highest BCUT2D eigenvalue weighted by Crippen LogP contribution is 2.26. The van der Waals surface area contributed by atoms with Crippen molar-refractivity contribution in [1.29, 1.82) is 0 Å². The van der Waals surface area contributed by atoms with Crippen molar-refractivity contribution < 1.29 is 22.7 Å². The first kappa shape index (κ1) is 15.8. The average molecular weight is 301 g/mol. The molecule has 1 aliphatic rings. The van der Waals surface area contributed by atoms with Crippen molar-refractivity contribution in [2.24, 2.45) is 0 Å². The lowest BCUT2D eigenvalue weighted by Crippen LogP contribution is -2.34. The number of benzene rings is 1. The maximum absolute atomic E-state index is 13.2. The van der Waals surface area contributed by atoms with E-state index in [2.05, 4.69) is 0 Å². The second kappa shape index (κ2) is 6.05. The Morgan fingerprint density at radius 2 is 1.81 bits per heavy atom. The Kier molecular flexibility index (Phi) is 4.56. The summed E-state index contributed by atoms with van der Waals surface area (Å²) in [5.41, 5.74) is -0.471. The van der Waals surface area contributed by atoms with E-state index in [1.807, 2.05) is 6.92 Å². The van der Waals surface area contributed by atoms with Crippen LogP contribution in [0.15, 0.2) is 12.1 Å². The summed E-state index contributed by atoms with van der Waals surface area (Å²) >= 11 is 0. The molecular weight excluding hydrogens is 283 g/mol. The first-order valence-corrected chi connectivity index (χ1v) is 6.85. The van der Waals surface area contributed by atoms with Crippen LogP contribution in [0.1, 0.15) is 36.5 Å². The first-order valence-electron chi connectivity index (χ1n) is 6.85. The number of carbonyl (C=O) groups excluding carboxylic acids is 1. The third kappa shape index (κ3) is 3.37. The van der Waals surface area contributed by atoms with Gasteiger partial charge in [-0.05, 0) is 38.3 Å². The summed E-state index contributed by atoms with van der Waals surface area (Å²) in [6.45, 7) is 2.89. The van der Waals surface area contributed by atoms with Crippen molar-refractivity contribution in [3.05, 3.63) is 35.1 Å². The number of methoxy groups -OCH3 is 1. The van der Waals surface area contributed by atoms with Gasteiger partial charge < -0.3 is 9.64 Å². The molecule has 0 aromatic heterocycles. The third-order valence-electron chi connectivity index (χ3n) is 4.05. The molecule has 116 valence electrons. The summed E-state index contributed by atoms with van der Waals surface area (Å²) in [4.78, 5) is 13.8. The maximum Gasteiger partial charge on any atom is 0.254 e. The molecule has 6 heteroatoms. The van der Waals surface area contributed by atoms with Crippen molar-refractivity contribution in [1.82, 2.24) is 4.90 Å². The Bertz CT molecular complexity index is 527. The molecule has 0 saturated carbocycles. The molecule has 1 aliphatic heterocycles. The zero-order valence-corrected chi connectivity index (χ0v) is 12.1. The minimum absolute atomic E-state index is 0.174. The summed E-state index contributed by atoms with van der Waals surface area (Å²) in [6.07, 6.45) is 2.18. The van der Waals surface area contributed by atoms with Crippen LogP contribution in [-0.4, -0.2) is 36.6 Å². The number of nitrogens with zero attached hydrogens (tertiary/aromatic N) is 1. The van der Waals surface area contributed by atoms with Crippen LogP contribution in [0.2, 0.25) is 0 Å². The van der Waals surface area contributed by atoms with E-state index in [0.29, 0.717) is 19.5 Å². The number of hydrogen-bond donors (Lipinski definition) is 0. The Hall–Kier alpha value is -1.56. The molecule has 0 unspecified atom stereocenters. The van der Waals surface area contributed by atoms with Gasteiger partial charge in [-0.15, -0.1) is 0 Å². The number of halogens is 3. The van der Waals surface area contributed by atoms with Gasteiger partial charge in [-0.25, -0.2) is 13.2 Å². The molecule has 1 saturated heterocycles. The van der Waals surface area contributed by atoms with Gasteiger partial charge in [-0.1, -0.05) is 0 Å². The van der Waals surface area contributed by atoms with Gasteiger partial charge >= 0.3 is 0 Å². The molecule has 1 heterocycles. The van der Waals surface area contributed by atoms with E-state index in [4.69, 9.17) is 4.74 Å². The van der Waals surface area contributed by atoms with Gasteiger partial charge in [-0.2, -0.15) is 0 Å². The van der Waals surface area contributed by atoms with E-state index in [1.165, 1.54) is 4.90 Å². The second-order valence-corrected chi connectivity index (χ2v) is 5.55. The molecule has 1 aromatic rings. The van der Waals surface area contributed by atoms with E-state index < -0.39 is 23.4 Å². The topological polar surface area (TPSA) is 29.5 Å². The minimum atomic E-state index is -1.56. The van der Waals surface area contributed by atoms with E-state index in [1.54, 1.807) is 7.11 Å². The smallest absolute Gasteiger partial charge is 0.254 e. The van der Waals surface area contributed by atoms with Gasteiger partial charge in [-0.3, -0.25) is 4.79 Å². The average Bonchev–Trinajstić information content (AvgIpc) is 2.66. The highest BCUT2D eigenvalue weighted by molar-refractivity contribution is 5.94. The lowest BCUT2D eigenvalue weighted by atomic mass is 9.97. The maximum atomic E-state index is 13.2. The van der Waals surface area contributed by atoms with Gasteiger partial charge in [0.2, 0.25) is 0 Å². The quantitative estimate of drug-likeness (QED) is 0.785. The van der Waals surface area contributed by atoms with Crippen molar-refractivity contribution in [3.8, 4) is 0 Å². The molecule has 1 amide bonds. The van der Waals surface area contributed by atoms with E-state index >= 15 is 0 Å². The van der Waals surface area contributed by atoms with Crippen LogP contribution in [0.3, 0.4) is 0 Å². The Balaban J connectivity index is 2.17. The van der Waals surface area contributed by atoms with E-state index in [0.717, 1.165) is 25.0 Å². The summed E-state index contributed by atoms with van der Waals surface area (Å²) in [5.74, 6) is -4.76. The van der Waals surface area contributed by atoms with Gasteiger partial charge in [0.15, 0.2) is 17.5 Å². The van der Waals surface area contributed by atoms with Crippen LogP contribution in [0.5, 0.6) is 0 Å². The fourth-order valence-electron chi connectivity index (χ4n) is 2.52. The molecular formula is C15H18F3NO2. The van der Waals surface area contributed by atoms with Gasteiger partial charge in [0.05, 0.1) is 5.60 Å². The monoisotopic (exact) mass is 301 g/mol. The van der Waals surface area contributed by atoms with Gasteiger partial charge in [0, 0.05) is 25.8 Å². The highest BCUT2D eigenvalue weighted by atomic mass is 19.2. The number of carbonyl (C=O) groups is 1. The van der Waals surface area contributed by atoms with Crippen molar-refractivity contribution >= 4 is 5.91 Å². The van der Waals surface area contributed by atoms with Crippen LogP contribution in [-0.2, 0) is 4.74 Å². The number of likely N-dealkylation sites (tertiary alicyclic amines) is 1. The van der Waals surface area contributed by atoms with Crippen LogP contribution >= 0.6 is 0 Å². The number of hydrogen-bond acceptors (Lipinski definition) is 2. The molecule has 0 radical (unpaired) electrons. The lowest BCUT2D eigenvalue weighted by Gasteiger charge is -2.26. The highest BCUT2D eigenvalue weighted by Gasteiger charge is 2.30. The van der Waals surface area contributed by atoms with Crippen LogP contribution in [0, 0.1) is 17.5 Å². The molecule has 3 nitrogen and oxygen atoms in total. The number of rotatable bonds is 2. The zero-order chi connectivity index (χ0) is 15.6. The molecule has 0 bridgehead atoms. The zero-order valence-electron chi connectivity index (χ0n) is 12.1. The Morgan fingerprint density at radius 3 is 2.38 bits per heavy atom. The molecule has 0 N–H and O–H groups in total.